The molecule has 1 aliphatic heterocycles. The summed E-state index contributed by atoms with van der Waals surface area (Å²) in [6, 6.07) is -1.19. The number of hydrogen-bond acceptors (Lipinski definition) is 3. The molecule has 0 spiro atoms. The molecule has 0 saturated carbocycles. The summed E-state index contributed by atoms with van der Waals surface area (Å²) in [5, 5.41) is 2.16. The van der Waals surface area contributed by atoms with Crippen LogP contribution in [0.15, 0.2) is 18.5 Å². The van der Waals surface area contributed by atoms with E-state index in [9.17, 15) is 18.0 Å². The third-order valence-electron chi connectivity index (χ3n) is 4.27. The highest BCUT2D eigenvalue weighted by molar-refractivity contribution is 5.81. The van der Waals surface area contributed by atoms with Crippen LogP contribution in [0.4, 0.5) is 13.2 Å². The van der Waals surface area contributed by atoms with E-state index in [0.717, 1.165) is 13.1 Å². The number of amides is 1. The monoisotopic (exact) mass is 332 g/mol. The van der Waals surface area contributed by atoms with Crippen LogP contribution in [-0.4, -0.2) is 65.7 Å². The third kappa shape index (κ3) is 4.48. The number of hydrogen-bond donors (Lipinski definition) is 1. The second-order valence-corrected chi connectivity index (χ2v) is 6.11. The number of aromatic nitrogens is 1. The van der Waals surface area contributed by atoms with Gasteiger partial charge in [0.05, 0.1) is 6.04 Å². The zero-order chi connectivity index (χ0) is 17.2. The van der Waals surface area contributed by atoms with Gasteiger partial charge in [0.2, 0.25) is 5.91 Å². The zero-order valence-electron chi connectivity index (χ0n) is 13.6. The van der Waals surface area contributed by atoms with Gasteiger partial charge in [-0.25, -0.2) is 0 Å². The number of rotatable bonds is 4. The van der Waals surface area contributed by atoms with E-state index in [2.05, 4.69) is 10.2 Å². The molecule has 8 heteroatoms. The molecule has 0 aliphatic carbocycles. The number of nitrogens with zero attached hydrogens (tertiary/aromatic N) is 3. The van der Waals surface area contributed by atoms with Crippen LogP contribution >= 0.6 is 0 Å². The van der Waals surface area contributed by atoms with Gasteiger partial charge in [-0.05, 0) is 20.0 Å². The minimum Gasteiger partial charge on any atom is -0.357 e. The summed E-state index contributed by atoms with van der Waals surface area (Å²) in [5.74, 6) is -0.597. The fraction of sp³-hybridized carbons (Fsp3) is 0.667. The maximum Gasteiger partial charge on any atom is 0.412 e. The van der Waals surface area contributed by atoms with Crippen molar-refractivity contribution in [1.29, 1.82) is 0 Å². The maximum absolute atomic E-state index is 13.3. The van der Waals surface area contributed by atoms with Gasteiger partial charge in [0, 0.05) is 51.2 Å². The molecule has 5 nitrogen and oxygen atoms in total. The first-order valence-corrected chi connectivity index (χ1v) is 7.60. The maximum atomic E-state index is 13.3. The van der Waals surface area contributed by atoms with E-state index in [1.54, 1.807) is 14.0 Å². The van der Waals surface area contributed by atoms with Gasteiger partial charge in [-0.2, -0.15) is 13.2 Å². The Labute approximate surface area is 134 Å². The van der Waals surface area contributed by atoms with E-state index >= 15 is 0 Å². The molecular weight excluding hydrogens is 309 g/mol. The van der Waals surface area contributed by atoms with E-state index in [1.165, 1.54) is 23.0 Å². The number of nitrogens with one attached hydrogen (secondary N) is 1. The Bertz CT molecular complexity index is 535. The average molecular weight is 332 g/mol. The Morgan fingerprint density at radius 2 is 1.83 bits per heavy atom. The van der Waals surface area contributed by atoms with Gasteiger partial charge < -0.3 is 14.8 Å². The molecule has 1 aromatic rings. The standard InChI is InChI=1S/C15H23F3N4O/c1-11(22-8-6-20(2)7-9-22)14(23)19-13(15(16,17)18)12-4-5-21(3)10-12/h4-5,10-11,13H,6-9H2,1-3H3,(H,19,23). The van der Waals surface area contributed by atoms with Crippen LogP contribution in [-0.2, 0) is 11.8 Å². The van der Waals surface area contributed by atoms with Crippen molar-refractivity contribution in [2.45, 2.75) is 25.2 Å². The molecule has 1 fully saturated rings. The quantitative estimate of drug-likeness (QED) is 0.906. The van der Waals surface area contributed by atoms with Gasteiger partial charge >= 0.3 is 6.18 Å². The fourth-order valence-electron chi connectivity index (χ4n) is 2.69. The lowest BCUT2D eigenvalue weighted by atomic mass is 10.1. The summed E-state index contributed by atoms with van der Waals surface area (Å²) in [4.78, 5) is 16.3. The molecule has 2 heterocycles. The van der Waals surface area contributed by atoms with Gasteiger partial charge in [-0.1, -0.05) is 0 Å². The SMILES string of the molecule is CC(C(=O)NC(c1ccn(C)c1)C(F)(F)F)N1CCN(C)CC1. The van der Waals surface area contributed by atoms with Gasteiger partial charge in [-0.15, -0.1) is 0 Å². The van der Waals surface area contributed by atoms with E-state index in [4.69, 9.17) is 0 Å². The molecule has 2 atom stereocenters. The van der Waals surface area contributed by atoms with Crippen molar-refractivity contribution >= 4 is 5.91 Å². The lowest BCUT2D eigenvalue weighted by Crippen LogP contribution is -2.54. The first kappa shape index (κ1) is 17.8. The van der Waals surface area contributed by atoms with Crippen LogP contribution in [0.1, 0.15) is 18.5 Å². The summed E-state index contributed by atoms with van der Waals surface area (Å²) < 4.78 is 41.4. The van der Waals surface area contributed by atoms with Gasteiger partial charge in [-0.3, -0.25) is 9.69 Å². The molecule has 1 N–H and O–H groups in total. The van der Waals surface area contributed by atoms with Crippen molar-refractivity contribution in [3.63, 3.8) is 0 Å². The lowest BCUT2D eigenvalue weighted by molar-refractivity contribution is -0.165. The number of carbonyl (C=O) groups excluding carboxylic acids is 1. The number of alkyl halides is 3. The Morgan fingerprint density at radius 1 is 1.22 bits per heavy atom. The van der Waals surface area contributed by atoms with E-state index in [1.807, 2.05) is 11.9 Å². The van der Waals surface area contributed by atoms with Gasteiger partial charge in [0.15, 0.2) is 6.04 Å². The highest BCUT2D eigenvalue weighted by Gasteiger charge is 2.43. The fourth-order valence-corrected chi connectivity index (χ4v) is 2.69. The number of carbonyl (C=O) groups is 1. The second kappa shape index (κ2) is 6.92. The first-order chi connectivity index (χ1) is 10.7. The number of likely N-dealkylation sites (N-methyl/N-ethyl adjacent to an activating group) is 1. The van der Waals surface area contributed by atoms with Crippen LogP contribution in [0.2, 0.25) is 0 Å². The molecule has 0 aromatic carbocycles. The van der Waals surface area contributed by atoms with Crippen LogP contribution in [0, 0.1) is 0 Å². The highest BCUT2D eigenvalue weighted by atomic mass is 19.4. The molecule has 2 rings (SSSR count). The van der Waals surface area contributed by atoms with Gasteiger partial charge in [0.1, 0.15) is 0 Å². The van der Waals surface area contributed by atoms with Gasteiger partial charge in [0.25, 0.3) is 0 Å². The smallest absolute Gasteiger partial charge is 0.357 e. The van der Waals surface area contributed by atoms with Crippen molar-refractivity contribution in [1.82, 2.24) is 19.7 Å². The summed E-state index contributed by atoms with van der Waals surface area (Å²) in [6.45, 7) is 4.61. The number of aryl methyl sites for hydroxylation is 1. The van der Waals surface area contributed by atoms with E-state index in [-0.39, 0.29) is 5.56 Å². The van der Waals surface area contributed by atoms with Crippen LogP contribution in [0.5, 0.6) is 0 Å². The zero-order valence-corrected chi connectivity index (χ0v) is 13.6. The number of halogens is 3. The third-order valence-corrected chi connectivity index (χ3v) is 4.27. The second-order valence-electron chi connectivity index (χ2n) is 6.11. The molecule has 1 saturated heterocycles. The summed E-state index contributed by atoms with van der Waals surface area (Å²) >= 11 is 0. The van der Waals surface area contributed by atoms with Crippen molar-refractivity contribution in [2.24, 2.45) is 7.05 Å². The van der Waals surface area contributed by atoms with Crippen molar-refractivity contribution < 1.29 is 18.0 Å². The summed E-state index contributed by atoms with van der Waals surface area (Å²) in [6.07, 6.45) is -1.62. The summed E-state index contributed by atoms with van der Waals surface area (Å²) in [7, 11) is 3.63. The van der Waals surface area contributed by atoms with E-state index in [0.29, 0.717) is 13.1 Å². The van der Waals surface area contributed by atoms with Crippen molar-refractivity contribution in [3.05, 3.63) is 24.0 Å². The Hall–Kier alpha value is -1.54. The van der Waals surface area contributed by atoms with E-state index < -0.39 is 24.2 Å². The molecule has 0 bridgehead atoms. The van der Waals surface area contributed by atoms with Crippen molar-refractivity contribution in [2.75, 3.05) is 33.2 Å². The molecule has 1 aliphatic rings. The minimum atomic E-state index is -4.53. The number of piperazine rings is 1. The average Bonchev–Trinajstić information content (AvgIpc) is 2.89. The summed E-state index contributed by atoms with van der Waals surface area (Å²) in [5.41, 5.74) is 0.0407. The predicted octanol–water partition coefficient (Wildman–Crippen LogP) is 1.38. The van der Waals surface area contributed by atoms with Crippen LogP contribution in [0.25, 0.3) is 0 Å². The Balaban J connectivity index is 2.05. The molecule has 2 unspecified atom stereocenters. The minimum absolute atomic E-state index is 0.0407. The topological polar surface area (TPSA) is 40.5 Å². The molecule has 130 valence electrons. The van der Waals surface area contributed by atoms with Crippen LogP contribution in [0.3, 0.4) is 0 Å². The molecule has 0 radical (unpaired) electrons. The predicted molar refractivity (Wildman–Crippen MR) is 80.9 cm³/mol. The first-order valence-electron chi connectivity index (χ1n) is 7.60. The molecule has 23 heavy (non-hydrogen) atoms. The highest BCUT2D eigenvalue weighted by Crippen LogP contribution is 2.33. The molecule has 1 aromatic heterocycles. The Kier molecular flexibility index (Phi) is 5.36. The molecule has 1 amide bonds. The molecular formula is C15H23F3N4O. The Morgan fingerprint density at radius 3 is 2.30 bits per heavy atom. The van der Waals surface area contributed by atoms with Crippen LogP contribution < -0.4 is 5.32 Å². The largest absolute Gasteiger partial charge is 0.412 e. The normalized spacial score (nSPS) is 20.3. The lowest BCUT2D eigenvalue weighted by Gasteiger charge is -2.36. The van der Waals surface area contributed by atoms with Crippen molar-refractivity contribution in [3.8, 4) is 0 Å².